The minimum absolute atomic E-state index is 0.000867. The van der Waals surface area contributed by atoms with Crippen molar-refractivity contribution < 1.29 is 9.84 Å². The Morgan fingerprint density at radius 1 is 1.18 bits per heavy atom. The lowest BCUT2D eigenvalue weighted by atomic mass is 10.2. The molecular formula is C23H24N6O4. The van der Waals surface area contributed by atoms with Gasteiger partial charge in [0.2, 0.25) is 5.95 Å². The molecule has 0 radical (unpaired) electrons. The summed E-state index contributed by atoms with van der Waals surface area (Å²) in [7, 11) is 1.51. The highest BCUT2D eigenvalue weighted by Gasteiger charge is 2.20. The molecule has 0 aliphatic heterocycles. The summed E-state index contributed by atoms with van der Waals surface area (Å²) >= 11 is 0. The predicted molar refractivity (Wildman–Crippen MR) is 126 cm³/mol. The maximum Gasteiger partial charge on any atom is 0.329 e. The van der Waals surface area contributed by atoms with Crippen LogP contribution >= 0.6 is 0 Å². The van der Waals surface area contributed by atoms with Gasteiger partial charge in [-0.3, -0.25) is 14.3 Å². The highest BCUT2D eigenvalue weighted by Crippen LogP contribution is 2.17. The number of imidazole rings is 1. The van der Waals surface area contributed by atoms with Crippen molar-refractivity contribution in [3.8, 4) is 5.75 Å². The third kappa shape index (κ3) is 5.01. The Hall–Kier alpha value is -4.18. The number of benzene rings is 2. The van der Waals surface area contributed by atoms with Crippen molar-refractivity contribution in [2.75, 3.05) is 12.0 Å². The molecule has 0 aliphatic rings. The molecule has 1 atom stereocenters. The van der Waals surface area contributed by atoms with E-state index in [4.69, 9.17) is 4.74 Å². The number of aryl methyl sites for hydroxylation is 2. The van der Waals surface area contributed by atoms with Crippen molar-refractivity contribution in [2.24, 2.45) is 12.1 Å². The number of anilines is 1. The van der Waals surface area contributed by atoms with Gasteiger partial charge in [0.15, 0.2) is 11.2 Å². The second-order valence-electron chi connectivity index (χ2n) is 7.60. The van der Waals surface area contributed by atoms with Gasteiger partial charge in [0.1, 0.15) is 18.5 Å². The van der Waals surface area contributed by atoms with Crippen LogP contribution in [0, 0.1) is 6.92 Å². The van der Waals surface area contributed by atoms with Crippen molar-refractivity contribution in [3.05, 3.63) is 86.6 Å². The van der Waals surface area contributed by atoms with Gasteiger partial charge in [0.05, 0.1) is 12.8 Å². The summed E-state index contributed by atoms with van der Waals surface area (Å²) in [6.07, 6.45) is 0.642. The Balaban J connectivity index is 1.61. The van der Waals surface area contributed by atoms with Crippen LogP contribution in [0.3, 0.4) is 0 Å². The highest BCUT2D eigenvalue weighted by molar-refractivity contribution is 5.80. The van der Waals surface area contributed by atoms with Crippen LogP contribution in [0.1, 0.15) is 11.1 Å². The summed E-state index contributed by atoms with van der Waals surface area (Å²) in [5, 5.41) is 14.8. The van der Waals surface area contributed by atoms with Crippen molar-refractivity contribution in [3.63, 3.8) is 0 Å². The molecule has 170 valence electrons. The lowest BCUT2D eigenvalue weighted by Gasteiger charge is -2.15. The molecule has 2 aromatic carbocycles. The second kappa shape index (κ2) is 9.53. The third-order valence-electron chi connectivity index (χ3n) is 5.04. The number of hydrazone groups is 1. The number of nitrogens with one attached hydrogen (secondary N) is 2. The summed E-state index contributed by atoms with van der Waals surface area (Å²) in [5.74, 6) is 0.833. The number of H-pyrrole nitrogens is 1. The first kappa shape index (κ1) is 22.0. The van der Waals surface area contributed by atoms with Gasteiger partial charge in [-0.25, -0.2) is 10.2 Å². The van der Waals surface area contributed by atoms with E-state index in [0.717, 1.165) is 11.1 Å². The van der Waals surface area contributed by atoms with E-state index in [1.165, 1.54) is 16.2 Å². The average molecular weight is 448 g/mol. The molecule has 0 fully saturated rings. The zero-order valence-electron chi connectivity index (χ0n) is 18.2. The standard InChI is InChI=1S/C23H24N6O4/c1-15-8-10-18(11-9-15)33-14-17(30)13-29-19-20(28(2)23(32)26-21(19)31)25-22(29)27-24-12-16-6-4-3-5-7-16/h3-12,17,30H,13-14H2,1-2H3,(H,25,27)(H,26,31,32)/b24-12-/t17-/m1/s1. The average Bonchev–Trinajstić information content (AvgIpc) is 3.16. The molecule has 4 rings (SSSR count). The van der Waals surface area contributed by atoms with E-state index < -0.39 is 17.4 Å². The zero-order chi connectivity index (χ0) is 23.4. The minimum atomic E-state index is -0.959. The van der Waals surface area contributed by atoms with Gasteiger partial charge in [-0.1, -0.05) is 48.0 Å². The Kier molecular flexibility index (Phi) is 6.36. The molecule has 0 amide bonds. The van der Waals surface area contributed by atoms with Crippen LogP contribution < -0.4 is 21.4 Å². The highest BCUT2D eigenvalue weighted by atomic mass is 16.5. The lowest BCUT2D eigenvalue weighted by molar-refractivity contribution is 0.0938. The zero-order valence-corrected chi connectivity index (χ0v) is 18.2. The number of nitrogens with zero attached hydrogens (tertiary/aromatic N) is 4. The van der Waals surface area contributed by atoms with E-state index in [2.05, 4.69) is 20.5 Å². The number of aromatic amines is 1. The van der Waals surface area contributed by atoms with Gasteiger partial charge >= 0.3 is 5.69 Å². The third-order valence-corrected chi connectivity index (χ3v) is 5.04. The Morgan fingerprint density at radius 3 is 2.64 bits per heavy atom. The smallest absolute Gasteiger partial charge is 0.329 e. The van der Waals surface area contributed by atoms with Crippen LogP contribution in [0.4, 0.5) is 5.95 Å². The molecule has 10 nitrogen and oxygen atoms in total. The van der Waals surface area contributed by atoms with Crippen LogP contribution in [0.2, 0.25) is 0 Å². The molecule has 0 saturated heterocycles. The topological polar surface area (TPSA) is 127 Å². The van der Waals surface area contributed by atoms with Crippen molar-refractivity contribution >= 4 is 23.3 Å². The predicted octanol–water partition coefficient (Wildman–Crippen LogP) is 1.62. The fraction of sp³-hybridized carbons (Fsp3) is 0.217. The number of rotatable bonds is 8. The van der Waals surface area contributed by atoms with Crippen molar-refractivity contribution in [1.82, 2.24) is 19.1 Å². The molecular weight excluding hydrogens is 424 g/mol. The van der Waals surface area contributed by atoms with Gasteiger partial charge in [-0.05, 0) is 24.6 Å². The fourth-order valence-corrected chi connectivity index (χ4v) is 3.29. The molecule has 0 bridgehead atoms. The summed E-state index contributed by atoms with van der Waals surface area (Å²) in [6.45, 7) is 1.97. The normalized spacial score (nSPS) is 12.3. The van der Waals surface area contributed by atoms with Gasteiger partial charge in [0.25, 0.3) is 5.56 Å². The molecule has 10 heteroatoms. The Labute approximate surface area is 188 Å². The first-order valence-electron chi connectivity index (χ1n) is 10.3. The van der Waals surface area contributed by atoms with E-state index in [1.807, 2.05) is 61.5 Å². The molecule has 0 saturated carbocycles. The lowest BCUT2D eigenvalue weighted by Crippen LogP contribution is -2.30. The summed E-state index contributed by atoms with van der Waals surface area (Å²) in [4.78, 5) is 31.2. The van der Waals surface area contributed by atoms with Crippen LogP contribution in [-0.2, 0) is 13.6 Å². The SMILES string of the molecule is Cc1ccc(OC[C@H](O)Cn2c(N/N=C\c3ccccc3)nc3c2c(=O)[nH]c(=O)n3C)cc1. The van der Waals surface area contributed by atoms with Crippen LogP contribution in [-0.4, -0.2) is 43.1 Å². The second-order valence-corrected chi connectivity index (χ2v) is 7.60. The van der Waals surface area contributed by atoms with E-state index in [-0.39, 0.29) is 30.3 Å². The summed E-state index contributed by atoms with van der Waals surface area (Å²) < 4.78 is 8.38. The maximum atomic E-state index is 12.6. The number of aromatic nitrogens is 4. The maximum absolute atomic E-state index is 12.6. The van der Waals surface area contributed by atoms with Gasteiger partial charge in [-0.15, -0.1) is 0 Å². The molecule has 2 aromatic heterocycles. The molecule has 0 aliphatic carbocycles. The van der Waals surface area contributed by atoms with Crippen molar-refractivity contribution in [1.29, 1.82) is 0 Å². The van der Waals surface area contributed by atoms with Gasteiger partial charge in [-0.2, -0.15) is 10.1 Å². The largest absolute Gasteiger partial charge is 0.491 e. The number of aliphatic hydroxyl groups excluding tert-OH is 1. The first-order chi connectivity index (χ1) is 15.9. The van der Waals surface area contributed by atoms with Gasteiger partial charge < -0.3 is 14.4 Å². The Bertz CT molecular complexity index is 1390. The molecule has 33 heavy (non-hydrogen) atoms. The Morgan fingerprint density at radius 2 is 1.91 bits per heavy atom. The number of fused-ring (bicyclic) bond motifs is 1. The van der Waals surface area contributed by atoms with Crippen LogP contribution in [0.15, 0.2) is 69.3 Å². The fourth-order valence-electron chi connectivity index (χ4n) is 3.29. The van der Waals surface area contributed by atoms with Crippen LogP contribution in [0.25, 0.3) is 11.2 Å². The molecule has 4 aromatic rings. The van der Waals surface area contributed by atoms with Crippen molar-refractivity contribution in [2.45, 2.75) is 19.6 Å². The van der Waals surface area contributed by atoms with E-state index in [9.17, 15) is 14.7 Å². The number of hydrogen-bond donors (Lipinski definition) is 3. The number of ether oxygens (including phenoxy) is 1. The summed E-state index contributed by atoms with van der Waals surface area (Å²) in [6, 6.07) is 16.9. The number of aliphatic hydroxyl groups is 1. The van der Waals surface area contributed by atoms with E-state index >= 15 is 0 Å². The van der Waals surface area contributed by atoms with Crippen LogP contribution in [0.5, 0.6) is 5.75 Å². The van der Waals surface area contributed by atoms with E-state index in [0.29, 0.717) is 5.75 Å². The van der Waals surface area contributed by atoms with Gasteiger partial charge in [0, 0.05) is 7.05 Å². The molecule has 0 spiro atoms. The molecule has 0 unspecified atom stereocenters. The quantitative estimate of drug-likeness (QED) is 0.278. The number of hydrogen-bond acceptors (Lipinski definition) is 7. The first-order valence-corrected chi connectivity index (χ1v) is 10.3. The summed E-state index contributed by atoms with van der Waals surface area (Å²) in [5.41, 5.74) is 3.91. The van der Waals surface area contributed by atoms with E-state index in [1.54, 1.807) is 6.21 Å². The molecule has 2 heterocycles. The molecule has 3 N–H and O–H groups in total. The monoisotopic (exact) mass is 448 g/mol. The minimum Gasteiger partial charge on any atom is -0.491 e.